The normalized spacial score (nSPS) is 10.6. The predicted molar refractivity (Wildman–Crippen MR) is 102 cm³/mol. The summed E-state index contributed by atoms with van der Waals surface area (Å²) in [6.45, 7) is 0.433. The molecule has 0 fully saturated rings. The lowest BCUT2D eigenvalue weighted by Gasteiger charge is -2.10. The molecule has 150 valence electrons. The van der Waals surface area contributed by atoms with Gasteiger partial charge in [-0.05, 0) is 48.9 Å². The van der Waals surface area contributed by atoms with Gasteiger partial charge in [0.1, 0.15) is 17.5 Å². The number of amides is 2. The van der Waals surface area contributed by atoms with E-state index in [9.17, 15) is 22.8 Å². The molecule has 6 nitrogen and oxygen atoms in total. The molecule has 0 radical (unpaired) electrons. The zero-order valence-electron chi connectivity index (χ0n) is 15.2. The molecule has 3 aromatic rings. The van der Waals surface area contributed by atoms with Crippen molar-refractivity contribution in [1.82, 2.24) is 15.1 Å². The van der Waals surface area contributed by atoms with Gasteiger partial charge in [-0.15, -0.1) is 0 Å². The van der Waals surface area contributed by atoms with Crippen LogP contribution in [0.2, 0.25) is 0 Å². The first kappa shape index (κ1) is 20.1. The van der Waals surface area contributed by atoms with Crippen LogP contribution in [0.3, 0.4) is 0 Å². The summed E-state index contributed by atoms with van der Waals surface area (Å²) in [5, 5.41) is 9.04. The standard InChI is InChI=1S/C20H17F3N4O2/c21-14-4-2-13(3-5-14)17-8-9-19(28)27(26-17)11-1-10-24-20(29)25-18-7-6-15(22)12-16(18)23/h2-9,12H,1,10-11H2,(H2,24,25,29). The molecule has 1 aromatic heterocycles. The molecular weight excluding hydrogens is 385 g/mol. The number of urea groups is 1. The van der Waals surface area contributed by atoms with Gasteiger partial charge in [-0.25, -0.2) is 22.6 Å². The van der Waals surface area contributed by atoms with Crippen LogP contribution in [0.4, 0.5) is 23.7 Å². The molecule has 0 aliphatic heterocycles. The number of rotatable bonds is 6. The maximum atomic E-state index is 13.5. The van der Waals surface area contributed by atoms with Gasteiger partial charge in [0.2, 0.25) is 0 Å². The second-order valence-corrected chi connectivity index (χ2v) is 6.15. The Labute approximate surface area is 164 Å². The van der Waals surface area contributed by atoms with Gasteiger partial charge in [-0.1, -0.05) is 0 Å². The summed E-state index contributed by atoms with van der Waals surface area (Å²) in [7, 11) is 0. The van der Waals surface area contributed by atoms with Crippen molar-refractivity contribution in [2.45, 2.75) is 13.0 Å². The lowest BCUT2D eigenvalue weighted by molar-refractivity contribution is 0.251. The third-order valence-corrected chi connectivity index (χ3v) is 4.02. The average molecular weight is 402 g/mol. The van der Waals surface area contributed by atoms with E-state index in [1.165, 1.54) is 22.9 Å². The van der Waals surface area contributed by atoms with Crippen molar-refractivity contribution in [2.75, 3.05) is 11.9 Å². The van der Waals surface area contributed by atoms with E-state index in [0.717, 1.165) is 12.1 Å². The first-order valence-corrected chi connectivity index (χ1v) is 8.76. The van der Waals surface area contributed by atoms with E-state index < -0.39 is 17.7 Å². The SMILES string of the molecule is O=C(NCCCn1nc(-c2ccc(F)cc2)ccc1=O)Nc1ccc(F)cc1F. The van der Waals surface area contributed by atoms with E-state index in [-0.39, 0.29) is 30.2 Å². The number of benzene rings is 2. The monoisotopic (exact) mass is 402 g/mol. The highest BCUT2D eigenvalue weighted by molar-refractivity contribution is 5.89. The zero-order chi connectivity index (χ0) is 20.8. The second kappa shape index (κ2) is 9.05. The van der Waals surface area contributed by atoms with Crippen molar-refractivity contribution in [3.8, 4) is 11.3 Å². The van der Waals surface area contributed by atoms with E-state index in [0.29, 0.717) is 23.7 Å². The van der Waals surface area contributed by atoms with Gasteiger partial charge in [0.25, 0.3) is 5.56 Å². The van der Waals surface area contributed by atoms with Crippen LogP contribution in [0, 0.1) is 17.5 Å². The maximum absolute atomic E-state index is 13.5. The summed E-state index contributed by atoms with van der Waals surface area (Å²) >= 11 is 0. The van der Waals surface area contributed by atoms with Crippen LogP contribution in [0.15, 0.2) is 59.4 Å². The fraction of sp³-hybridized carbons (Fsp3) is 0.150. The Kier molecular flexibility index (Phi) is 6.28. The fourth-order valence-electron chi connectivity index (χ4n) is 2.57. The minimum Gasteiger partial charge on any atom is -0.338 e. The quantitative estimate of drug-likeness (QED) is 0.620. The van der Waals surface area contributed by atoms with Gasteiger partial charge < -0.3 is 10.6 Å². The number of halogens is 3. The minimum absolute atomic E-state index is 0.145. The second-order valence-electron chi connectivity index (χ2n) is 6.15. The molecule has 1 heterocycles. The van der Waals surface area contributed by atoms with Crippen molar-refractivity contribution < 1.29 is 18.0 Å². The fourth-order valence-corrected chi connectivity index (χ4v) is 2.57. The van der Waals surface area contributed by atoms with Crippen molar-refractivity contribution in [3.63, 3.8) is 0 Å². The van der Waals surface area contributed by atoms with Gasteiger partial charge >= 0.3 is 6.03 Å². The summed E-state index contributed by atoms with van der Waals surface area (Å²) in [4.78, 5) is 23.8. The van der Waals surface area contributed by atoms with E-state index in [2.05, 4.69) is 15.7 Å². The smallest absolute Gasteiger partial charge is 0.319 e. The molecule has 0 unspecified atom stereocenters. The minimum atomic E-state index is -0.881. The topological polar surface area (TPSA) is 76.0 Å². The Balaban J connectivity index is 1.53. The highest BCUT2D eigenvalue weighted by Gasteiger charge is 2.08. The van der Waals surface area contributed by atoms with E-state index >= 15 is 0 Å². The number of carbonyl (C=O) groups is 1. The number of hydrogen-bond donors (Lipinski definition) is 2. The molecule has 2 aromatic carbocycles. The highest BCUT2D eigenvalue weighted by Crippen LogP contribution is 2.16. The number of nitrogens with one attached hydrogen (secondary N) is 2. The molecule has 2 amide bonds. The first-order chi connectivity index (χ1) is 13.9. The van der Waals surface area contributed by atoms with Crippen LogP contribution in [0.1, 0.15) is 6.42 Å². The van der Waals surface area contributed by atoms with E-state index in [4.69, 9.17) is 0 Å². The Bertz CT molecular complexity index is 1070. The summed E-state index contributed by atoms with van der Waals surface area (Å²) in [5.41, 5.74) is 0.726. The average Bonchev–Trinajstić information content (AvgIpc) is 2.69. The molecular formula is C20H17F3N4O2. The summed E-state index contributed by atoms with van der Waals surface area (Å²) in [6, 6.07) is 10.8. The zero-order valence-corrected chi connectivity index (χ0v) is 15.2. The van der Waals surface area contributed by atoms with Crippen LogP contribution in [-0.4, -0.2) is 22.4 Å². The third-order valence-electron chi connectivity index (χ3n) is 4.02. The molecule has 2 N–H and O–H groups in total. The highest BCUT2D eigenvalue weighted by atomic mass is 19.1. The molecule has 3 rings (SSSR count). The molecule has 0 saturated heterocycles. The van der Waals surface area contributed by atoms with Crippen LogP contribution < -0.4 is 16.2 Å². The maximum Gasteiger partial charge on any atom is 0.319 e. The van der Waals surface area contributed by atoms with Crippen LogP contribution >= 0.6 is 0 Å². The molecule has 0 spiro atoms. The molecule has 9 heteroatoms. The van der Waals surface area contributed by atoms with Gasteiger partial charge in [0, 0.05) is 30.8 Å². The Morgan fingerprint density at radius 3 is 2.41 bits per heavy atom. The number of nitrogens with zero attached hydrogens (tertiary/aromatic N) is 2. The number of anilines is 1. The van der Waals surface area contributed by atoms with Crippen LogP contribution in [0.5, 0.6) is 0 Å². The lowest BCUT2D eigenvalue weighted by Crippen LogP contribution is -2.31. The molecule has 0 bridgehead atoms. The molecule has 0 atom stereocenters. The predicted octanol–water partition coefficient (Wildman–Crippen LogP) is 3.54. The third kappa shape index (κ3) is 5.44. The largest absolute Gasteiger partial charge is 0.338 e. The van der Waals surface area contributed by atoms with E-state index in [1.807, 2.05) is 0 Å². The molecule has 0 aliphatic rings. The van der Waals surface area contributed by atoms with E-state index in [1.54, 1.807) is 18.2 Å². The Morgan fingerprint density at radius 1 is 0.966 bits per heavy atom. The van der Waals surface area contributed by atoms with Gasteiger partial charge in [0.05, 0.1) is 11.4 Å². The Hall–Kier alpha value is -3.62. The molecule has 0 saturated carbocycles. The number of hydrogen-bond acceptors (Lipinski definition) is 3. The van der Waals surface area contributed by atoms with Crippen molar-refractivity contribution in [1.29, 1.82) is 0 Å². The summed E-state index contributed by atoms with van der Waals surface area (Å²) in [6.07, 6.45) is 0.388. The van der Waals surface area contributed by atoms with Crippen molar-refractivity contribution >= 4 is 11.7 Å². The van der Waals surface area contributed by atoms with Gasteiger partial charge in [0.15, 0.2) is 0 Å². The lowest BCUT2D eigenvalue weighted by atomic mass is 10.1. The summed E-state index contributed by atoms with van der Waals surface area (Å²) in [5.74, 6) is -1.99. The van der Waals surface area contributed by atoms with Gasteiger partial charge in [-0.3, -0.25) is 4.79 Å². The van der Waals surface area contributed by atoms with Crippen LogP contribution in [-0.2, 0) is 6.54 Å². The van der Waals surface area contributed by atoms with Crippen molar-refractivity contribution in [3.05, 3.63) is 82.4 Å². The Morgan fingerprint density at radius 2 is 1.69 bits per heavy atom. The first-order valence-electron chi connectivity index (χ1n) is 8.76. The van der Waals surface area contributed by atoms with Crippen molar-refractivity contribution in [2.24, 2.45) is 0 Å². The molecule has 29 heavy (non-hydrogen) atoms. The number of aromatic nitrogens is 2. The van der Waals surface area contributed by atoms with Crippen LogP contribution in [0.25, 0.3) is 11.3 Å². The molecule has 0 aliphatic carbocycles. The number of aryl methyl sites for hydroxylation is 1. The number of carbonyl (C=O) groups excluding carboxylic acids is 1. The van der Waals surface area contributed by atoms with Gasteiger partial charge in [-0.2, -0.15) is 5.10 Å². The summed E-state index contributed by atoms with van der Waals surface area (Å²) < 4.78 is 40.7.